The summed E-state index contributed by atoms with van der Waals surface area (Å²) in [6, 6.07) is 62.8. The highest BCUT2D eigenvalue weighted by atomic mass is 15.2. The summed E-state index contributed by atoms with van der Waals surface area (Å²) in [5.41, 5.74) is 14.8. The number of nitrogens with zero attached hydrogens (tertiary/aromatic N) is 2. The second kappa shape index (κ2) is 11.2. The second-order valence-electron chi connectivity index (χ2n) is 15.4. The van der Waals surface area contributed by atoms with E-state index in [1.807, 2.05) is 0 Å². The van der Waals surface area contributed by atoms with Crippen molar-refractivity contribution in [1.29, 1.82) is 0 Å². The summed E-state index contributed by atoms with van der Waals surface area (Å²) in [6.07, 6.45) is 0. The highest BCUT2D eigenvalue weighted by Crippen LogP contribution is 2.60. The average molecular weight is 669 g/mol. The van der Waals surface area contributed by atoms with Gasteiger partial charge in [0, 0.05) is 27.6 Å². The highest BCUT2D eigenvalue weighted by molar-refractivity contribution is 6.00. The molecule has 0 saturated carbocycles. The third-order valence-electron chi connectivity index (χ3n) is 11.8. The molecule has 8 aromatic carbocycles. The van der Waals surface area contributed by atoms with E-state index in [9.17, 15) is 0 Å². The van der Waals surface area contributed by atoms with Crippen LogP contribution in [-0.4, -0.2) is 0 Å². The molecular formula is C50H40N2. The molecule has 10 rings (SSSR count). The van der Waals surface area contributed by atoms with E-state index < -0.39 is 0 Å². The van der Waals surface area contributed by atoms with Gasteiger partial charge < -0.3 is 9.80 Å². The topological polar surface area (TPSA) is 6.48 Å². The number of benzene rings is 8. The quantitative estimate of drug-likeness (QED) is 0.184. The van der Waals surface area contributed by atoms with Crippen molar-refractivity contribution in [2.75, 3.05) is 9.80 Å². The third-order valence-corrected chi connectivity index (χ3v) is 11.8. The number of hydrogen-bond donors (Lipinski definition) is 0. The summed E-state index contributed by atoms with van der Waals surface area (Å²) in [5.74, 6) is 0. The van der Waals surface area contributed by atoms with Crippen LogP contribution in [0.5, 0.6) is 0 Å². The van der Waals surface area contributed by atoms with Crippen molar-refractivity contribution in [3.05, 3.63) is 192 Å². The fourth-order valence-corrected chi connectivity index (χ4v) is 9.01. The zero-order valence-electron chi connectivity index (χ0n) is 30.1. The molecule has 0 aliphatic carbocycles. The summed E-state index contributed by atoms with van der Waals surface area (Å²) in [4.78, 5) is 4.98. The summed E-state index contributed by atoms with van der Waals surface area (Å²) in [6.45, 7) is 9.54. The van der Waals surface area contributed by atoms with Gasteiger partial charge in [0.25, 0.3) is 0 Å². The molecule has 2 heteroatoms. The predicted octanol–water partition coefficient (Wildman–Crippen LogP) is 13.9. The van der Waals surface area contributed by atoms with E-state index in [1.165, 1.54) is 72.0 Å². The minimum absolute atomic E-state index is 0.101. The van der Waals surface area contributed by atoms with Crippen molar-refractivity contribution in [2.45, 2.75) is 38.5 Å². The van der Waals surface area contributed by atoms with Crippen molar-refractivity contribution >= 4 is 55.7 Å². The van der Waals surface area contributed by atoms with Crippen molar-refractivity contribution in [2.24, 2.45) is 0 Å². The Balaban J connectivity index is 1.16. The van der Waals surface area contributed by atoms with Gasteiger partial charge in [-0.2, -0.15) is 0 Å². The van der Waals surface area contributed by atoms with Crippen LogP contribution in [0.15, 0.2) is 170 Å². The van der Waals surface area contributed by atoms with E-state index in [-0.39, 0.29) is 10.8 Å². The molecule has 0 fully saturated rings. The maximum Gasteiger partial charge on any atom is 0.0543 e. The lowest BCUT2D eigenvalue weighted by molar-refractivity contribution is 0.597. The van der Waals surface area contributed by atoms with Gasteiger partial charge in [0.1, 0.15) is 0 Å². The second-order valence-corrected chi connectivity index (χ2v) is 15.4. The molecule has 250 valence electrons. The van der Waals surface area contributed by atoms with E-state index in [1.54, 1.807) is 0 Å². The average Bonchev–Trinajstić information content (AvgIpc) is 3.18. The number of para-hydroxylation sites is 2. The summed E-state index contributed by atoms with van der Waals surface area (Å²) in [7, 11) is 0. The first-order chi connectivity index (χ1) is 25.3. The van der Waals surface area contributed by atoms with Gasteiger partial charge in [-0.3, -0.25) is 0 Å². The van der Waals surface area contributed by atoms with Crippen LogP contribution < -0.4 is 9.80 Å². The smallest absolute Gasteiger partial charge is 0.0543 e. The molecule has 0 N–H and O–H groups in total. The third kappa shape index (κ3) is 4.43. The Morgan fingerprint density at radius 3 is 1.79 bits per heavy atom. The molecule has 8 aromatic rings. The first-order valence-electron chi connectivity index (χ1n) is 18.4. The normalized spacial score (nSPS) is 14.8. The fourth-order valence-electron chi connectivity index (χ4n) is 9.01. The van der Waals surface area contributed by atoms with Crippen LogP contribution in [0.25, 0.3) is 32.7 Å². The van der Waals surface area contributed by atoms with Crippen LogP contribution in [0.1, 0.15) is 49.9 Å². The summed E-state index contributed by atoms with van der Waals surface area (Å²) in [5, 5.41) is 4.97. The largest absolute Gasteiger partial charge is 0.310 e. The minimum atomic E-state index is -0.222. The molecule has 0 aromatic heterocycles. The highest BCUT2D eigenvalue weighted by Gasteiger charge is 2.45. The van der Waals surface area contributed by atoms with E-state index in [0.717, 1.165) is 17.1 Å². The number of rotatable bonds is 4. The number of fused-ring (bicyclic) bond motifs is 6. The zero-order valence-corrected chi connectivity index (χ0v) is 30.1. The molecule has 2 heterocycles. The molecule has 52 heavy (non-hydrogen) atoms. The lowest BCUT2D eigenvalue weighted by atomic mass is 9.66. The molecule has 2 aliphatic rings. The van der Waals surface area contributed by atoms with Gasteiger partial charge >= 0.3 is 0 Å². The predicted molar refractivity (Wildman–Crippen MR) is 221 cm³/mol. The monoisotopic (exact) mass is 668 g/mol. The molecule has 2 aliphatic heterocycles. The van der Waals surface area contributed by atoms with Gasteiger partial charge in [0.2, 0.25) is 0 Å². The van der Waals surface area contributed by atoms with Crippen LogP contribution in [0.3, 0.4) is 0 Å². The first kappa shape index (κ1) is 30.7. The maximum atomic E-state index is 2.54. The molecule has 2 nitrogen and oxygen atoms in total. The number of hydrogen-bond acceptors (Lipinski definition) is 2. The fraction of sp³-hybridized carbons (Fsp3) is 0.120. The Morgan fingerprint density at radius 1 is 0.404 bits per heavy atom. The minimum Gasteiger partial charge on any atom is -0.310 e. The Bertz CT molecular complexity index is 2690. The first-order valence-corrected chi connectivity index (χ1v) is 18.4. The Morgan fingerprint density at radius 2 is 0.981 bits per heavy atom. The molecule has 0 atom stereocenters. The molecule has 0 bridgehead atoms. The maximum absolute atomic E-state index is 2.54. The van der Waals surface area contributed by atoms with Gasteiger partial charge in [0.15, 0.2) is 0 Å². The summed E-state index contributed by atoms with van der Waals surface area (Å²) >= 11 is 0. The van der Waals surface area contributed by atoms with Gasteiger partial charge in [-0.15, -0.1) is 0 Å². The molecule has 0 saturated heterocycles. The van der Waals surface area contributed by atoms with Crippen molar-refractivity contribution in [3.63, 3.8) is 0 Å². The van der Waals surface area contributed by atoms with E-state index in [4.69, 9.17) is 0 Å². The van der Waals surface area contributed by atoms with Gasteiger partial charge in [-0.25, -0.2) is 0 Å². The Kier molecular flexibility index (Phi) is 6.60. The zero-order chi connectivity index (χ0) is 35.2. The van der Waals surface area contributed by atoms with Crippen molar-refractivity contribution in [3.8, 4) is 11.1 Å². The van der Waals surface area contributed by atoms with Crippen LogP contribution in [0.2, 0.25) is 0 Å². The lowest BCUT2D eigenvalue weighted by Gasteiger charge is -2.49. The van der Waals surface area contributed by atoms with E-state index in [2.05, 4.69) is 207 Å². The van der Waals surface area contributed by atoms with Gasteiger partial charge in [-0.1, -0.05) is 149 Å². The Hall–Kier alpha value is -6.12. The van der Waals surface area contributed by atoms with Crippen LogP contribution in [0.4, 0.5) is 34.1 Å². The van der Waals surface area contributed by atoms with Gasteiger partial charge in [0.05, 0.1) is 22.7 Å². The molecule has 0 spiro atoms. The van der Waals surface area contributed by atoms with Gasteiger partial charge in [-0.05, 0) is 98.1 Å². The lowest BCUT2D eigenvalue weighted by Crippen LogP contribution is -2.38. The van der Waals surface area contributed by atoms with Crippen molar-refractivity contribution in [1.82, 2.24) is 0 Å². The molecular weight excluding hydrogens is 629 g/mol. The summed E-state index contributed by atoms with van der Waals surface area (Å²) < 4.78 is 0. The molecule has 0 unspecified atom stereocenters. The Labute approximate surface area is 306 Å². The molecule has 0 radical (unpaired) electrons. The van der Waals surface area contributed by atoms with E-state index >= 15 is 0 Å². The molecule has 0 amide bonds. The van der Waals surface area contributed by atoms with E-state index in [0.29, 0.717) is 0 Å². The van der Waals surface area contributed by atoms with Crippen molar-refractivity contribution < 1.29 is 0 Å². The standard InChI is InChI=1S/C50H40N2/c1-49(2)41-18-9-10-21-46(41)52-47-30-29-39(32-44(47)50(3,4)43-20-12-19-42(49)48(43)52)51(45-22-11-16-35-14-7-8-17-40(35)45)38-27-25-34(26-28-38)37-24-23-33-13-5-6-15-36(33)31-37/h5-32H,1-4H3. The number of anilines is 6. The SMILES string of the molecule is CC1(C)c2ccccc2N2c3ccc(N(c4ccc(-c5ccc6ccccc6c5)cc4)c4cccc5ccccc45)cc3C(C)(C)c3cccc1c32. The van der Waals surface area contributed by atoms with Crippen LogP contribution in [0, 0.1) is 0 Å². The van der Waals surface area contributed by atoms with Crippen LogP contribution >= 0.6 is 0 Å². The van der Waals surface area contributed by atoms with Crippen LogP contribution in [-0.2, 0) is 10.8 Å².